The maximum atomic E-state index is 7.15. The summed E-state index contributed by atoms with van der Waals surface area (Å²) in [6.45, 7) is 0. The van der Waals surface area contributed by atoms with Gasteiger partial charge in [-0.15, -0.1) is 0 Å². The molecule has 0 aliphatic carbocycles. The van der Waals surface area contributed by atoms with Crippen LogP contribution >= 0.6 is 0 Å². The molecule has 21 heavy (non-hydrogen) atoms. The fourth-order valence-electron chi connectivity index (χ4n) is 2.03. The number of H-pyrrole nitrogens is 1. The Hall–Kier alpha value is -3.08. The molecule has 0 spiro atoms. The molecule has 102 valence electrons. The molecule has 5 heteroatoms. The molecule has 0 fully saturated rings. The van der Waals surface area contributed by atoms with Gasteiger partial charge in [-0.1, -0.05) is 0 Å². The van der Waals surface area contributed by atoms with E-state index in [-0.39, 0.29) is 0 Å². The van der Waals surface area contributed by atoms with Gasteiger partial charge in [0.2, 0.25) is 0 Å². The molecule has 3 rings (SSSR count). The smallest absolute Gasteiger partial charge is 0.0813 e. The molecule has 0 radical (unpaired) electrons. The highest BCUT2D eigenvalue weighted by molar-refractivity contribution is 6.36. The molecule has 0 saturated carbocycles. The molecule has 0 aromatic carbocycles. The van der Waals surface area contributed by atoms with Crippen LogP contribution in [0.4, 0.5) is 0 Å². The van der Waals surface area contributed by atoms with E-state index in [1.165, 1.54) is 12.4 Å². The van der Waals surface area contributed by atoms with E-state index in [1.54, 1.807) is 0 Å². The predicted octanol–water partition coefficient (Wildman–Crippen LogP) is 3.02. The average molecular weight is 275 g/mol. The number of nitrogens with one attached hydrogen (secondary N) is 3. The van der Waals surface area contributed by atoms with E-state index >= 15 is 0 Å². The van der Waals surface area contributed by atoms with Crippen LogP contribution in [0.2, 0.25) is 0 Å². The van der Waals surface area contributed by atoms with Gasteiger partial charge in [0.15, 0.2) is 0 Å². The molecule has 2 aliphatic rings. The van der Waals surface area contributed by atoms with E-state index in [0.29, 0.717) is 11.4 Å². The zero-order valence-electron chi connectivity index (χ0n) is 11.2. The lowest BCUT2D eigenvalue weighted by atomic mass is 10.3. The first-order valence-corrected chi connectivity index (χ1v) is 6.44. The maximum Gasteiger partial charge on any atom is 0.0813 e. The van der Waals surface area contributed by atoms with Crippen LogP contribution in [0.5, 0.6) is 0 Å². The summed E-state index contributed by atoms with van der Waals surface area (Å²) in [7, 11) is 0. The Labute approximate surface area is 121 Å². The van der Waals surface area contributed by atoms with Crippen LogP contribution in [0, 0.1) is 10.8 Å². The molecule has 1 aromatic heterocycles. The number of aromatic nitrogens is 1. The predicted molar refractivity (Wildman–Crippen MR) is 87.5 cm³/mol. The van der Waals surface area contributed by atoms with Gasteiger partial charge in [-0.2, -0.15) is 0 Å². The van der Waals surface area contributed by atoms with Crippen LogP contribution in [-0.2, 0) is 0 Å². The van der Waals surface area contributed by atoms with Gasteiger partial charge in [0.05, 0.1) is 22.8 Å². The van der Waals surface area contributed by atoms with Crippen molar-refractivity contribution in [1.82, 2.24) is 4.98 Å². The summed E-state index contributed by atoms with van der Waals surface area (Å²) in [6.07, 6.45) is 13.7. The second-order valence-electron chi connectivity index (χ2n) is 4.54. The summed E-state index contributed by atoms with van der Waals surface area (Å²) in [4.78, 5) is 11.8. The van der Waals surface area contributed by atoms with Crippen molar-refractivity contribution in [2.24, 2.45) is 9.98 Å². The second kappa shape index (κ2) is 5.50. The first-order chi connectivity index (χ1) is 10.3. The number of rotatable bonds is 4. The fraction of sp³-hybridized carbons (Fsp3) is 0. The van der Waals surface area contributed by atoms with Crippen molar-refractivity contribution in [1.29, 1.82) is 10.8 Å². The van der Waals surface area contributed by atoms with Crippen molar-refractivity contribution in [2.45, 2.75) is 0 Å². The minimum absolute atomic E-state index is 0.653. The molecule has 2 aliphatic heterocycles. The van der Waals surface area contributed by atoms with Gasteiger partial charge in [0.1, 0.15) is 0 Å². The zero-order valence-corrected chi connectivity index (χ0v) is 11.2. The lowest BCUT2D eigenvalue weighted by Crippen LogP contribution is -1.87. The highest BCUT2D eigenvalue weighted by Crippen LogP contribution is 2.16. The Morgan fingerprint density at radius 1 is 0.762 bits per heavy atom. The number of nitrogens with zero attached hydrogens (tertiary/aromatic N) is 2. The third-order valence-electron chi connectivity index (χ3n) is 3.00. The van der Waals surface area contributed by atoms with E-state index < -0.39 is 0 Å². The molecule has 0 amide bonds. The molecule has 0 saturated heterocycles. The molecular weight excluding hydrogens is 262 g/mol. The van der Waals surface area contributed by atoms with Gasteiger partial charge in [-0.3, -0.25) is 0 Å². The number of aromatic amines is 1. The maximum absolute atomic E-state index is 7.15. The van der Waals surface area contributed by atoms with Crippen LogP contribution in [0.3, 0.4) is 0 Å². The lowest BCUT2D eigenvalue weighted by Gasteiger charge is -1.91. The zero-order chi connectivity index (χ0) is 14.7. The van der Waals surface area contributed by atoms with Gasteiger partial charge in [0, 0.05) is 23.8 Å². The van der Waals surface area contributed by atoms with Crippen molar-refractivity contribution in [3.05, 3.63) is 59.2 Å². The van der Waals surface area contributed by atoms with Crippen LogP contribution < -0.4 is 0 Å². The number of allylic oxidation sites excluding steroid dienone is 4. The Morgan fingerprint density at radius 2 is 1.24 bits per heavy atom. The molecule has 3 N–H and O–H groups in total. The highest BCUT2D eigenvalue weighted by Gasteiger charge is 2.04. The summed E-state index contributed by atoms with van der Waals surface area (Å²) in [5, 5.41) is 14.3. The number of aliphatic imine (C=N–C) groups is 2. The van der Waals surface area contributed by atoms with E-state index in [0.717, 1.165) is 22.8 Å². The van der Waals surface area contributed by atoms with Gasteiger partial charge >= 0.3 is 0 Å². The lowest BCUT2D eigenvalue weighted by molar-refractivity contribution is 1.32. The van der Waals surface area contributed by atoms with E-state index in [2.05, 4.69) is 15.0 Å². The van der Waals surface area contributed by atoms with Crippen molar-refractivity contribution in [3.8, 4) is 0 Å². The average Bonchev–Trinajstić information content (AvgIpc) is 3.21. The minimum atomic E-state index is 0.653. The Balaban J connectivity index is 1.79. The van der Waals surface area contributed by atoms with Crippen LogP contribution in [-0.4, -0.2) is 28.8 Å². The van der Waals surface area contributed by atoms with Gasteiger partial charge in [0.25, 0.3) is 0 Å². The Kier molecular flexibility index (Phi) is 3.39. The van der Waals surface area contributed by atoms with E-state index in [4.69, 9.17) is 10.8 Å². The molecular formula is C16H13N5. The summed E-state index contributed by atoms with van der Waals surface area (Å²) in [6, 6.07) is 3.93. The number of hydrogen-bond acceptors (Lipinski definition) is 4. The SMILES string of the molecule is N=CC1=N/C(=C\c2ccc(/C=C3/C=CC(C=N)=N3)[nH]2)C=C1. The fourth-order valence-corrected chi connectivity index (χ4v) is 2.03. The normalized spacial score (nSPS) is 20.2. The largest absolute Gasteiger partial charge is 0.355 e. The molecule has 0 atom stereocenters. The van der Waals surface area contributed by atoms with Gasteiger partial charge < -0.3 is 15.8 Å². The monoisotopic (exact) mass is 275 g/mol. The molecule has 1 aromatic rings. The van der Waals surface area contributed by atoms with Gasteiger partial charge in [-0.05, 0) is 48.6 Å². The Bertz CT molecular complexity index is 717. The topological polar surface area (TPSA) is 88.2 Å². The third-order valence-corrected chi connectivity index (χ3v) is 3.00. The number of hydrogen-bond donors (Lipinski definition) is 3. The third kappa shape index (κ3) is 2.92. The quantitative estimate of drug-likeness (QED) is 0.705. The van der Waals surface area contributed by atoms with Crippen molar-refractivity contribution in [2.75, 3.05) is 0 Å². The van der Waals surface area contributed by atoms with E-state index in [1.807, 2.05) is 48.6 Å². The van der Waals surface area contributed by atoms with Crippen LogP contribution in [0.1, 0.15) is 11.4 Å². The minimum Gasteiger partial charge on any atom is -0.355 e. The summed E-state index contributed by atoms with van der Waals surface area (Å²) < 4.78 is 0. The molecule has 5 nitrogen and oxygen atoms in total. The molecule has 0 unspecified atom stereocenters. The van der Waals surface area contributed by atoms with Crippen molar-refractivity contribution >= 4 is 36.0 Å². The van der Waals surface area contributed by atoms with E-state index in [9.17, 15) is 0 Å². The van der Waals surface area contributed by atoms with Crippen molar-refractivity contribution < 1.29 is 0 Å². The Morgan fingerprint density at radius 3 is 1.62 bits per heavy atom. The van der Waals surface area contributed by atoms with Crippen LogP contribution in [0.25, 0.3) is 12.2 Å². The summed E-state index contributed by atoms with van der Waals surface area (Å²) in [5.41, 5.74) is 4.82. The van der Waals surface area contributed by atoms with Crippen molar-refractivity contribution in [3.63, 3.8) is 0 Å². The van der Waals surface area contributed by atoms with Gasteiger partial charge in [-0.25, -0.2) is 9.98 Å². The second-order valence-corrected chi connectivity index (χ2v) is 4.54. The van der Waals surface area contributed by atoms with Crippen LogP contribution in [0.15, 0.2) is 57.8 Å². The first-order valence-electron chi connectivity index (χ1n) is 6.44. The molecule has 3 heterocycles. The highest BCUT2D eigenvalue weighted by atomic mass is 14.8. The summed E-state index contributed by atoms with van der Waals surface area (Å²) in [5.74, 6) is 0. The molecule has 0 bridgehead atoms. The summed E-state index contributed by atoms with van der Waals surface area (Å²) >= 11 is 0. The standard InChI is InChI=1S/C16H13N5/c17-9-15-5-3-13(20-15)7-11-1-2-12(19-11)8-14-4-6-16(10-18)21-14/h1-10,17-19H/b13-7-,14-8-,17-9?,18-10?. The first kappa shape index (κ1) is 12.9.